The minimum absolute atomic E-state index is 0.474. The van der Waals surface area contributed by atoms with Gasteiger partial charge in [-0.15, -0.1) is 0 Å². The fourth-order valence-corrected chi connectivity index (χ4v) is 3.67. The topological polar surface area (TPSA) is 29.3 Å². The minimum atomic E-state index is 0.474. The van der Waals surface area contributed by atoms with E-state index in [0.717, 1.165) is 5.92 Å². The third-order valence-electron chi connectivity index (χ3n) is 4.72. The summed E-state index contributed by atoms with van der Waals surface area (Å²) < 4.78 is 0. The molecule has 0 bridgehead atoms. The Labute approximate surface area is 94.2 Å². The first-order valence-electron chi connectivity index (χ1n) is 6.53. The predicted octanol–water partition coefficient (Wildman–Crippen LogP) is 2.23. The molecule has 1 aliphatic carbocycles. The lowest BCUT2D eigenvalue weighted by atomic mass is 9.74. The molecule has 2 N–H and O–H groups in total. The van der Waals surface area contributed by atoms with Gasteiger partial charge in [-0.05, 0) is 64.0 Å². The van der Waals surface area contributed by atoms with Crippen LogP contribution in [0.15, 0.2) is 0 Å². The quantitative estimate of drug-likeness (QED) is 0.719. The molecule has 2 rings (SSSR count). The van der Waals surface area contributed by atoms with Crippen molar-refractivity contribution in [1.82, 2.24) is 4.90 Å². The van der Waals surface area contributed by atoms with Gasteiger partial charge < -0.3 is 10.6 Å². The van der Waals surface area contributed by atoms with E-state index < -0.39 is 0 Å². The average molecular weight is 210 g/mol. The van der Waals surface area contributed by atoms with Crippen LogP contribution < -0.4 is 5.73 Å². The van der Waals surface area contributed by atoms with Gasteiger partial charge in [-0.1, -0.05) is 6.92 Å². The van der Waals surface area contributed by atoms with Gasteiger partial charge in [0.25, 0.3) is 0 Å². The van der Waals surface area contributed by atoms with Crippen LogP contribution in [0, 0.1) is 11.3 Å². The van der Waals surface area contributed by atoms with Crippen LogP contribution in [0.25, 0.3) is 0 Å². The predicted molar refractivity (Wildman–Crippen MR) is 64.7 cm³/mol. The van der Waals surface area contributed by atoms with Gasteiger partial charge in [0.1, 0.15) is 0 Å². The number of nitrogens with zero attached hydrogens (tertiary/aromatic N) is 1. The van der Waals surface area contributed by atoms with Crippen LogP contribution >= 0.6 is 0 Å². The number of likely N-dealkylation sites (tertiary alicyclic amines) is 1. The third kappa shape index (κ3) is 2.07. The number of hydrogen-bond acceptors (Lipinski definition) is 2. The molecule has 2 aliphatic rings. The van der Waals surface area contributed by atoms with E-state index in [1.807, 2.05) is 0 Å². The van der Waals surface area contributed by atoms with Crippen molar-refractivity contribution >= 4 is 0 Å². The molecule has 1 spiro atoms. The van der Waals surface area contributed by atoms with Gasteiger partial charge in [-0.2, -0.15) is 0 Å². The van der Waals surface area contributed by atoms with Crippen molar-refractivity contribution in [1.29, 1.82) is 0 Å². The summed E-state index contributed by atoms with van der Waals surface area (Å²) in [7, 11) is 0. The van der Waals surface area contributed by atoms with E-state index in [0.29, 0.717) is 17.5 Å². The highest BCUT2D eigenvalue weighted by molar-refractivity contribution is 5.00. The summed E-state index contributed by atoms with van der Waals surface area (Å²) >= 11 is 0. The number of piperidine rings is 1. The van der Waals surface area contributed by atoms with Crippen LogP contribution in [-0.4, -0.2) is 30.1 Å². The summed E-state index contributed by atoms with van der Waals surface area (Å²) in [5.41, 5.74) is 6.84. The van der Waals surface area contributed by atoms with Crippen molar-refractivity contribution in [3.63, 3.8) is 0 Å². The first-order valence-corrected chi connectivity index (χ1v) is 6.53. The SMILES string of the molecule is CC(C)N1CCC2(CC1)C[C@H](C)C[C@H]2N. The summed E-state index contributed by atoms with van der Waals surface area (Å²) in [5, 5.41) is 0. The monoisotopic (exact) mass is 210 g/mol. The van der Waals surface area contributed by atoms with Gasteiger partial charge in [0.15, 0.2) is 0 Å². The molecule has 15 heavy (non-hydrogen) atoms. The highest BCUT2D eigenvalue weighted by Gasteiger charge is 2.45. The Morgan fingerprint density at radius 2 is 1.87 bits per heavy atom. The van der Waals surface area contributed by atoms with E-state index in [9.17, 15) is 0 Å². The van der Waals surface area contributed by atoms with Crippen LogP contribution in [0.1, 0.15) is 46.5 Å². The Kier molecular flexibility index (Phi) is 3.09. The number of rotatable bonds is 1. The zero-order valence-corrected chi connectivity index (χ0v) is 10.5. The highest BCUT2D eigenvalue weighted by Crippen LogP contribution is 2.48. The average Bonchev–Trinajstić information content (AvgIpc) is 2.42. The molecular weight excluding hydrogens is 184 g/mol. The van der Waals surface area contributed by atoms with Gasteiger partial charge in [-0.3, -0.25) is 0 Å². The Morgan fingerprint density at radius 3 is 2.27 bits per heavy atom. The summed E-state index contributed by atoms with van der Waals surface area (Å²) in [4.78, 5) is 2.60. The van der Waals surface area contributed by atoms with Crippen molar-refractivity contribution in [3.05, 3.63) is 0 Å². The largest absolute Gasteiger partial charge is 0.327 e. The van der Waals surface area contributed by atoms with Crippen LogP contribution in [0.5, 0.6) is 0 Å². The maximum absolute atomic E-state index is 6.34. The Hall–Kier alpha value is -0.0800. The van der Waals surface area contributed by atoms with Crippen molar-refractivity contribution in [2.45, 2.75) is 58.5 Å². The Morgan fingerprint density at radius 1 is 1.27 bits per heavy atom. The Bertz CT molecular complexity index is 217. The van der Waals surface area contributed by atoms with Crippen LogP contribution in [0.2, 0.25) is 0 Å². The summed E-state index contributed by atoms with van der Waals surface area (Å²) in [6.07, 6.45) is 5.29. The summed E-state index contributed by atoms with van der Waals surface area (Å²) in [5.74, 6) is 0.852. The molecule has 1 aliphatic heterocycles. The molecule has 0 aromatic heterocycles. The lowest BCUT2D eigenvalue weighted by Crippen LogP contribution is -2.48. The van der Waals surface area contributed by atoms with E-state index in [-0.39, 0.29) is 0 Å². The fourth-order valence-electron chi connectivity index (χ4n) is 3.67. The van der Waals surface area contributed by atoms with Gasteiger partial charge >= 0.3 is 0 Å². The molecule has 2 atom stereocenters. The number of nitrogens with two attached hydrogens (primary N) is 1. The zero-order chi connectivity index (χ0) is 11.1. The van der Waals surface area contributed by atoms with E-state index in [1.54, 1.807) is 0 Å². The van der Waals surface area contributed by atoms with Crippen molar-refractivity contribution in [3.8, 4) is 0 Å². The van der Waals surface area contributed by atoms with Crippen LogP contribution in [0.3, 0.4) is 0 Å². The molecule has 1 heterocycles. The van der Waals surface area contributed by atoms with Gasteiger partial charge in [0, 0.05) is 12.1 Å². The fraction of sp³-hybridized carbons (Fsp3) is 1.00. The third-order valence-corrected chi connectivity index (χ3v) is 4.72. The number of hydrogen-bond donors (Lipinski definition) is 1. The van der Waals surface area contributed by atoms with E-state index in [1.165, 1.54) is 38.8 Å². The first kappa shape index (κ1) is 11.4. The minimum Gasteiger partial charge on any atom is -0.327 e. The van der Waals surface area contributed by atoms with E-state index in [2.05, 4.69) is 25.7 Å². The maximum atomic E-state index is 6.34. The molecular formula is C13H26N2. The molecule has 2 nitrogen and oxygen atoms in total. The van der Waals surface area contributed by atoms with Crippen molar-refractivity contribution < 1.29 is 0 Å². The van der Waals surface area contributed by atoms with Gasteiger partial charge in [0.05, 0.1) is 0 Å². The second kappa shape index (κ2) is 4.06. The second-order valence-corrected chi connectivity index (χ2v) is 6.14. The van der Waals surface area contributed by atoms with Crippen molar-refractivity contribution in [2.75, 3.05) is 13.1 Å². The molecule has 2 heteroatoms. The normalized spacial score (nSPS) is 36.6. The molecule has 0 unspecified atom stereocenters. The molecule has 0 aromatic carbocycles. The van der Waals surface area contributed by atoms with Crippen LogP contribution in [0.4, 0.5) is 0 Å². The summed E-state index contributed by atoms with van der Waals surface area (Å²) in [6, 6.07) is 1.18. The molecule has 0 aromatic rings. The highest BCUT2D eigenvalue weighted by atomic mass is 15.2. The molecule has 0 amide bonds. The zero-order valence-electron chi connectivity index (χ0n) is 10.5. The molecule has 1 saturated heterocycles. The van der Waals surface area contributed by atoms with Gasteiger partial charge in [0.2, 0.25) is 0 Å². The maximum Gasteiger partial charge on any atom is 0.00991 e. The molecule has 0 radical (unpaired) electrons. The second-order valence-electron chi connectivity index (χ2n) is 6.14. The van der Waals surface area contributed by atoms with Crippen LogP contribution in [-0.2, 0) is 0 Å². The Balaban J connectivity index is 1.97. The van der Waals surface area contributed by atoms with Gasteiger partial charge in [-0.25, -0.2) is 0 Å². The molecule has 1 saturated carbocycles. The standard InChI is InChI=1S/C13H26N2/c1-10(2)15-6-4-13(5-7-15)9-11(3)8-12(13)14/h10-12H,4-9,14H2,1-3H3/t11-,12-/m1/s1. The summed E-state index contributed by atoms with van der Waals surface area (Å²) in [6.45, 7) is 9.49. The van der Waals surface area contributed by atoms with E-state index in [4.69, 9.17) is 5.73 Å². The lowest BCUT2D eigenvalue weighted by Gasteiger charge is -2.43. The molecule has 2 fully saturated rings. The van der Waals surface area contributed by atoms with Crippen molar-refractivity contribution in [2.24, 2.45) is 17.1 Å². The lowest BCUT2D eigenvalue weighted by molar-refractivity contribution is 0.0739. The molecule has 88 valence electrons. The van der Waals surface area contributed by atoms with E-state index >= 15 is 0 Å². The first-order chi connectivity index (χ1) is 7.03. The smallest absolute Gasteiger partial charge is 0.00991 e.